The van der Waals surface area contributed by atoms with Gasteiger partial charge in [-0.15, -0.1) is 5.10 Å². The lowest BCUT2D eigenvalue weighted by molar-refractivity contribution is -0.154. The summed E-state index contributed by atoms with van der Waals surface area (Å²) in [6.07, 6.45) is 1.57. The van der Waals surface area contributed by atoms with Crippen molar-refractivity contribution in [2.24, 2.45) is 5.73 Å². The number of nitrogens with two attached hydrogens (primary N) is 1. The molecule has 1 unspecified atom stereocenters. The summed E-state index contributed by atoms with van der Waals surface area (Å²) in [5, 5.41) is 4.15. The summed E-state index contributed by atoms with van der Waals surface area (Å²) in [4.78, 5) is 4.17. The Morgan fingerprint density at radius 3 is 2.55 bits per heavy atom. The SMILES string of the molecule is COC1=CCC(n2nc(OCC(F)(F)F)nc2-c2ccc(OCCN)cc2)C=C1. The summed E-state index contributed by atoms with van der Waals surface area (Å²) < 4.78 is 54.5. The molecule has 1 aromatic carbocycles. The average Bonchev–Trinajstić information content (AvgIpc) is 3.15. The van der Waals surface area contributed by atoms with Crippen molar-refractivity contribution >= 4 is 0 Å². The van der Waals surface area contributed by atoms with Gasteiger partial charge in [-0.3, -0.25) is 0 Å². The maximum absolute atomic E-state index is 12.5. The number of allylic oxidation sites excluding steroid dienone is 3. The Bertz CT molecular complexity index is 876. The lowest BCUT2D eigenvalue weighted by Crippen LogP contribution is -2.20. The smallest absolute Gasteiger partial charge is 0.422 e. The molecule has 0 bridgehead atoms. The highest BCUT2D eigenvalue weighted by molar-refractivity contribution is 5.57. The van der Waals surface area contributed by atoms with Crippen LogP contribution in [-0.2, 0) is 4.74 Å². The Morgan fingerprint density at radius 2 is 1.97 bits per heavy atom. The van der Waals surface area contributed by atoms with Crippen molar-refractivity contribution in [1.29, 1.82) is 0 Å². The van der Waals surface area contributed by atoms with E-state index in [9.17, 15) is 13.2 Å². The second-order valence-corrected chi connectivity index (χ2v) is 6.20. The molecular formula is C19H21F3N4O3. The normalized spacial score (nSPS) is 16.4. The van der Waals surface area contributed by atoms with Crippen LogP contribution in [0, 0.1) is 0 Å². The zero-order chi connectivity index (χ0) is 20.9. The van der Waals surface area contributed by atoms with Crippen LogP contribution in [-0.4, -0.2) is 47.8 Å². The molecule has 1 heterocycles. The number of alkyl halides is 3. The van der Waals surface area contributed by atoms with E-state index in [1.54, 1.807) is 42.1 Å². The van der Waals surface area contributed by atoms with Crippen LogP contribution in [0.15, 0.2) is 48.3 Å². The lowest BCUT2D eigenvalue weighted by Gasteiger charge is -2.17. The molecule has 0 amide bonds. The van der Waals surface area contributed by atoms with Crippen LogP contribution in [0.5, 0.6) is 11.8 Å². The predicted molar refractivity (Wildman–Crippen MR) is 99.4 cm³/mol. The van der Waals surface area contributed by atoms with E-state index in [-0.39, 0.29) is 12.1 Å². The van der Waals surface area contributed by atoms with Crippen molar-refractivity contribution < 1.29 is 27.4 Å². The summed E-state index contributed by atoms with van der Waals surface area (Å²) in [7, 11) is 1.56. The van der Waals surface area contributed by atoms with Gasteiger partial charge in [-0.05, 0) is 42.8 Å². The van der Waals surface area contributed by atoms with Gasteiger partial charge in [-0.25, -0.2) is 4.68 Å². The number of aromatic nitrogens is 3. The summed E-state index contributed by atoms with van der Waals surface area (Å²) in [6.45, 7) is -0.691. The van der Waals surface area contributed by atoms with Crippen molar-refractivity contribution in [3.8, 4) is 23.1 Å². The quantitative estimate of drug-likeness (QED) is 0.719. The van der Waals surface area contributed by atoms with Crippen LogP contribution < -0.4 is 15.2 Å². The van der Waals surface area contributed by atoms with Crippen molar-refractivity contribution in [1.82, 2.24) is 14.8 Å². The number of ether oxygens (including phenoxy) is 3. The zero-order valence-corrected chi connectivity index (χ0v) is 15.7. The molecule has 29 heavy (non-hydrogen) atoms. The Hall–Kier alpha value is -3.01. The maximum Gasteiger partial charge on any atom is 0.422 e. The van der Waals surface area contributed by atoms with E-state index in [0.717, 1.165) is 0 Å². The Morgan fingerprint density at radius 1 is 1.21 bits per heavy atom. The molecule has 0 fully saturated rings. The van der Waals surface area contributed by atoms with Crippen LogP contribution in [0.3, 0.4) is 0 Å². The fraction of sp³-hybridized carbons (Fsp3) is 0.368. The van der Waals surface area contributed by atoms with Gasteiger partial charge in [0.05, 0.1) is 13.2 Å². The van der Waals surface area contributed by atoms with E-state index in [1.807, 2.05) is 12.2 Å². The van der Waals surface area contributed by atoms with Crippen LogP contribution in [0.4, 0.5) is 13.2 Å². The topological polar surface area (TPSA) is 84.4 Å². The number of hydrogen-bond donors (Lipinski definition) is 1. The molecule has 0 radical (unpaired) electrons. The second-order valence-electron chi connectivity index (χ2n) is 6.20. The zero-order valence-electron chi connectivity index (χ0n) is 15.7. The monoisotopic (exact) mass is 410 g/mol. The van der Waals surface area contributed by atoms with Crippen LogP contribution >= 0.6 is 0 Å². The molecule has 0 spiro atoms. The number of halogens is 3. The fourth-order valence-corrected chi connectivity index (χ4v) is 2.74. The first-order chi connectivity index (χ1) is 13.9. The molecule has 2 N–H and O–H groups in total. The van der Waals surface area contributed by atoms with E-state index in [4.69, 9.17) is 19.9 Å². The third-order valence-electron chi connectivity index (χ3n) is 4.07. The Balaban J connectivity index is 1.88. The van der Waals surface area contributed by atoms with Gasteiger partial charge >= 0.3 is 12.2 Å². The molecule has 1 aliphatic carbocycles. The van der Waals surface area contributed by atoms with Gasteiger partial charge in [-0.1, -0.05) is 6.08 Å². The highest BCUT2D eigenvalue weighted by atomic mass is 19.4. The molecule has 7 nitrogen and oxygen atoms in total. The third kappa shape index (κ3) is 5.50. The minimum atomic E-state index is -4.48. The number of hydrogen-bond acceptors (Lipinski definition) is 6. The first-order valence-electron chi connectivity index (χ1n) is 8.91. The molecule has 0 saturated heterocycles. The lowest BCUT2D eigenvalue weighted by atomic mass is 10.1. The average molecular weight is 410 g/mol. The molecule has 2 aromatic rings. The van der Waals surface area contributed by atoms with Crippen molar-refractivity contribution in [2.45, 2.75) is 18.6 Å². The van der Waals surface area contributed by atoms with Crippen molar-refractivity contribution in [2.75, 3.05) is 26.9 Å². The number of nitrogens with zero attached hydrogens (tertiary/aromatic N) is 3. The molecule has 3 rings (SSSR count). The Kier molecular flexibility index (Phi) is 6.42. The van der Waals surface area contributed by atoms with E-state index < -0.39 is 12.8 Å². The number of benzene rings is 1. The summed E-state index contributed by atoms with van der Waals surface area (Å²) >= 11 is 0. The first kappa shape index (κ1) is 20.7. The molecular weight excluding hydrogens is 389 g/mol. The summed E-state index contributed by atoms with van der Waals surface area (Å²) in [6, 6.07) is 6.40. The van der Waals surface area contributed by atoms with Gasteiger partial charge < -0.3 is 19.9 Å². The molecule has 10 heteroatoms. The second kappa shape index (κ2) is 8.99. The Labute approximate surface area is 165 Å². The van der Waals surface area contributed by atoms with Crippen LogP contribution in [0.25, 0.3) is 11.4 Å². The molecule has 156 valence electrons. The van der Waals surface area contributed by atoms with Gasteiger partial charge in [0.2, 0.25) is 0 Å². The van der Waals surface area contributed by atoms with Gasteiger partial charge in [-0.2, -0.15) is 18.2 Å². The fourth-order valence-electron chi connectivity index (χ4n) is 2.74. The summed E-state index contributed by atoms with van der Waals surface area (Å²) in [5.41, 5.74) is 6.08. The third-order valence-corrected chi connectivity index (χ3v) is 4.07. The van der Waals surface area contributed by atoms with Crippen molar-refractivity contribution in [3.05, 3.63) is 48.3 Å². The van der Waals surface area contributed by atoms with Gasteiger partial charge in [0.1, 0.15) is 18.1 Å². The van der Waals surface area contributed by atoms with E-state index in [2.05, 4.69) is 10.1 Å². The highest BCUT2D eigenvalue weighted by Gasteiger charge is 2.30. The predicted octanol–water partition coefficient (Wildman–Crippen LogP) is 3.26. The van der Waals surface area contributed by atoms with Crippen LogP contribution in [0.2, 0.25) is 0 Å². The number of methoxy groups -OCH3 is 1. The maximum atomic E-state index is 12.5. The van der Waals surface area contributed by atoms with Gasteiger partial charge in [0, 0.05) is 12.1 Å². The molecule has 1 aromatic heterocycles. The van der Waals surface area contributed by atoms with Gasteiger partial charge in [0.15, 0.2) is 12.4 Å². The van der Waals surface area contributed by atoms with Crippen molar-refractivity contribution in [3.63, 3.8) is 0 Å². The standard InChI is InChI=1S/C19H21F3N4O3/c1-27-15-8-4-14(5-9-15)26-17(24-18(25-26)29-12-19(20,21)22)13-2-6-16(7-3-13)28-11-10-23/h2-4,6-9,14H,5,10-12,23H2,1H3. The molecule has 0 aliphatic heterocycles. The largest absolute Gasteiger partial charge is 0.497 e. The first-order valence-corrected chi connectivity index (χ1v) is 8.91. The minimum absolute atomic E-state index is 0.243. The van der Waals surface area contributed by atoms with E-state index >= 15 is 0 Å². The summed E-state index contributed by atoms with van der Waals surface area (Å²) in [5.74, 6) is 1.72. The number of rotatable bonds is 8. The molecule has 0 saturated carbocycles. The highest BCUT2D eigenvalue weighted by Crippen LogP contribution is 2.30. The van der Waals surface area contributed by atoms with E-state index in [1.165, 1.54) is 0 Å². The molecule has 1 aliphatic rings. The van der Waals surface area contributed by atoms with Gasteiger partial charge in [0.25, 0.3) is 0 Å². The minimum Gasteiger partial charge on any atom is -0.497 e. The van der Waals surface area contributed by atoms with E-state index in [0.29, 0.717) is 42.5 Å². The van der Waals surface area contributed by atoms with Crippen LogP contribution in [0.1, 0.15) is 12.5 Å². The molecule has 1 atom stereocenters.